The molecule has 7 nitrogen and oxygen atoms in total. The maximum Gasteiger partial charge on any atom is 0.247 e. The molecule has 1 N–H and O–H groups in total. The Hall–Kier alpha value is -4.97. The van der Waals surface area contributed by atoms with Gasteiger partial charge >= 0.3 is 0 Å². The van der Waals surface area contributed by atoms with E-state index in [1.165, 1.54) is 6.07 Å². The third-order valence-corrected chi connectivity index (χ3v) is 5.55. The van der Waals surface area contributed by atoms with Gasteiger partial charge in [-0.2, -0.15) is 10.2 Å². The van der Waals surface area contributed by atoms with Gasteiger partial charge in [0, 0.05) is 18.4 Å². The average molecular weight is 480 g/mol. The summed E-state index contributed by atoms with van der Waals surface area (Å²) in [6.45, 7) is 0. The van der Waals surface area contributed by atoms with Crippen molar-refractivity contribution < 1.29 is 13.6 Å². The standard InChI is InChI=1S/C27H18F2N6O/c28-22-10-7-18(13-23(22)29)12-21(36)11-17-5-8-19(9-6-17)25-16-35-26(15-31-25)33-27(34-35)32-24-4-2-1-3-20(24)14-30/h1-10,13,15-16H,11-12H2,(H,32,34). The molecule has 5 rings (SSSR count). The summed E-state index contributed by atoms with van der Waals surface area (Å²) in [6.07, 6.45) is 3.54. The lowest BCUT2D eigenvalue weighted by atomic mass is 10.0. The monoisotopic (exact) mass is 480 g/mol. The number of rotatable bonds is 7. The fourth-order valence-corrected chi connectivity index (χ4v) is 3.77. The Bertz CT molecular complexity index is 1620. The highest BCUT2D eigenvalue weighted by atomic mass is 19.2. The number of nitriles is 1. The molecule has 0 fully saturated rings. The van der Waals surface area contributed by atoms with Crippen LogP contribution in [0.2, 0.25) is 0 Å². The van der Waals surface area contributed by atoms with Gasteiger partial charge < -0.3 is 5.32 Å². The van der Waals surface area contributed by atoms with E-state index in [2.05, 4.69) is 26.5 Å². The van der Waals surface area contributed by atoms with Crippen LogP contribution in [0, 0.1) is 23.0 Å². The van der Waals surface area contributed by atoms with Crippen molar-refractivity contribution in [1.29, 1.82) is 5.26 Å². The smallest absolute Gasteiger partial charge is 0.247 e. The number of nitrogens with zero attached hydrogens (tertiary/aromatic N) is 5. The summed E-state index contributed by atoms with van der Waals surface area (Å²) in [5.74, 6) is -1.66. The van der Waals surface area contributed by atoms with Crippen LogP contribution >= 0.6 is 0 Å². The molecule has 9 heteroatoms. The first-order chi connectivity index (χ1) is 17.5. The fourth-order valence-electron chi connectivity index (χ4n) is 3.77. The molecule has 0 amide bonds. The molecule has 0 spiro atoms. The first-order valence-corrected chi connectivity index (χ1v) is 11.0. The minimum absolute atomic E-state index is 0.0265. The van der Waals surface area contributed by atoms with Crippen molar-refractivity contribution in [1.82, 2.24) is 19.6 Å². The number of nitrogens with one attached hydrogen (secondary N) is 1. The zero-order chi connectivity index (χ0) is 25.1. The van der Waals surface area contributed by atoms with Crippen LogP contribution in [0.5, 0.6) is 0 Å². The van der Waals surface area contributed by atoms with Crippen molar-refractivity contribution in [3.63, 3.8) is 0 Å². The van der Waals surface area contributed by atoms with E-state index in [1.807, 2.05) is 30.3 Å². The van der Waals surface area contributed by atoms with Crippen LogP contribution in [0.4, 0.5) is 20.4 Å². The topological polar surface area (TPSA) is 96.0 Å². The lowest BCUT2D eigenvalue weighted by Gasteiger charge is -2.05. The van der Waals surface area contributed by atoms with Gasteiger partial charge in [-0.25, -0.2) is 13.3 Å². The summed E-state index contributed by atoms with van der Waals surface area (Å²) in [6, 6.07) is 20.1. The van der Waals surface area contributed by atoms with E-state index in [9.17, 15) is 18.8 Å². The van der Waals surface area contributed by atoms with Gasteiger partial charge in [0.05, 0.1) is 29.3 Å². The third-order valence-electron chi connectivity index (χ3n) is 5.55. The van der Waals surface area contributed by atoms with Gasteiger partial charge in [0.15, 0.2) is 17.3 Å². The minimum Gasteiger partial charge on any atom is -0.322 e. The summed E-state index contributed by atoms with van der Waals surface area (Å²) in [5, 5.41) is 16.7. The van der Waals surface area contributed by atoms with Crippen LogP contribution in [0.1, 0.15) is 16.7 Å². The Balaban J connectivity index is 1.28. The molecule has 2 aromatic heterocycles. The normalized spacial score (nSPS) is 10.8. The summed E-state index contributed by atoms with van der Waals surface area (Å²) in [7, 11) is 0. The van der Waals surface area contributed by atoms with Crippen molar-refractivity contribution in [3.8, 4) is 17.3 Å². The molecule has 0 atom stereocenters. The second kappa shape index (κ2) is 9.72. The van der Waals surface area contributed by atoms with E-state index in [0.717, 1.165) is 23.3 Å². The van der Waals surface area contributed by atoms with Crippen molar-refractivity contribution in [2.24, 2.45) is 0 Å². The van der Waals surface area contributed by atoms with Crippen molar-refractivity contribution in [3.05, 3.63) is 107 Å². The first-order valence-electron chi connectivity index (χ1n) is 11.0. The van der Waals surface area contributed by atoms with Gasteiger partial charge in [-0.05, 0) is 35.4 Å². The number of fused-ring (bicyclic) bond motifs is 1. The first kappa shape index (κ1) is 22.8. The van der Waals surface area contributed by atoms with Gasteiger partial charge in [0.25, 0.3) is 0 Å². The van der Waals surface area contributed by atoms with E-state index in [1.54, 1.807) is 35.1 Å². The predicted octanol–water partition coefficient (Wildman–Crippen LogP) is 5.04. The zero-order valence-electron chi connectivity index (χ0n) is 18.8. The maximum absolute atomic E-state index is 13.4. The van der Waals surface area contributed by atoms with Crippen LogP contribution in [0.15, 0.2) is 79.1 Å². The quantitative estimate of drug-likeness (QED) is 0.351. The molecule has 0 unspecified atom stereocenters. The highest BCUT2D eigenvalue weighted by Gasteiger charge is 2.11. The SMILES string of the molecule is N#Cc1ccccc1Nc1nc2cnc(-c3ccc(CC(=O)Cc4ccc(F)c(F)c4)cc3)cn2n1. The van der Waals surface area contributed by atoms with Crippen molar-refractivity contribution in [2.75, 3.05) is 5.32 Å². The molecular formula is C27H18F2N6O. The molecule has 5 aromatic rings. The van der Waals surface area contributed by atoms with Gasteiger partial charge in [0.2, 0.25) is 5.95 Å². The van der Waals surface area contributed by atoms with E-state index in [0.29, 0.717) is 34.1 Å². The van der Waals surface area contributed by atoms with Gasteiger partial charge in [-0.15, -0.1) is 5.10 Å². The molecule has 0 saturated heterocycles. The number of carbonyl (C=O) groups is 1. The third kappa shape index (κ3) is 4.93. The van der Waals surface area contributed by atoms with Gasteiger partial charge in [-0.3, -0.25) is 9.78 Å². The number of carbonyl (C=O) groups excluding carboxylic acids is 1. The molecular weight excluding hydrogens is 462 g/mol. The molecule has 3 aromatic carbocycles. The van der Waals surface area contributed by atoms with E-state index in [-0.39, 0.29) is 18.6 Å². The molecule has 36 heavy (non-hydrogen) atoms. The Morgan fingerprint density at radius 3 is 2.50 bits per heavy atom. The highest BCUT2D eigenvalue weighted by molar-refractivity contribution is 5.83. The maximum atomic E-state index is 13.4. The van der Waals surface area contributed by atoms with Gasteiger partial charge in [0.1, 0.15) is 11.9 Å². The van der Waals surface area contributed by atoms with Crippen LogP contribution in [0.25, 0.3) is 16.9 Å². The molecule has 0 aliphatic heterocycles. The fraction of sp³-hybridized carbons (Fsp3) is 0.0741. The summed E-state index contributed by atoms with van der Waals surface area (Å²) >= 11 is 0. The summed E-state index contributed by atoms with van der Waals surface area (Å²) in [5.41, 5.74) is 4.36. The second-order valence-corrected chi connectivity index (χ2v) is 8.13. The van der Waals surface area contributed by atoms with Crippen molar-refractivity contribution >= 4 is 23.1 Å². The Kier molecular flexibility index (Phi) is 6.16. The van der Waals surface area contributed by atoms with E-state index >= 15 is 0 Å². The van der Waals surface area contributed by atoms with Crippen LogP contribution < -0.4 is 5.32 Å². The lowest BCUT2D eigenvalue weighted by molar-refractivity contribution is -0.117. The zero-order valence-corrected chi connectivity index (χ0v) is 18.8. The number of hydrogen-bond donors (Lipinski definition) is 1. The molecule has 0 bridgehead atoms. The number of benzene rings is 3. The summed E-state index contributed by atoms with van der Waals surface area (Å²) < 4.78 is 28.0. The Labute approximate surface area is 204 Å². The minimum atomic E-state index is -0.962. The largest absolute Gasteiger partial charge is 0.322 e. The van der Waals surface area contributed by atoms with Crippen LogP contribution in [0.3, 0.4) is 0 Å². The second-order valence-electron chi connectivity index (χ2n) is 8.13. The van der Waals surface area contributed by atoms with Crippen molar-refractivity contribution in [2.45, 2.75) is 12.8 Å². The van der Waals surface area contributed by atoms with E-state index in [4.69, 9.17) is 0 Å². The number of halogens is 2. The number of Topliss-reactive ketones (excluding diaryl/α,β-unsaturated/α-hetero) is 1. The number of ketones is 1. The van der Waals surface area contributed by atoms with E-state index < -0.39 is 11.6 Å². The number of hydrogen-bond acceptors (Lipinski definition) is 6. The lowest BCUT2D eigenvalue weighted by Crippen LogP contribution is -2.07. The highest BCUT2D eigenvalue weighted by Crippen LogP contribution is 2.21. The average Bonchev–Trinajstić information content (AvgIpc) is 3.28. The molecule has 0 aliphatic carbocycles. The van der Waals surface area contributed by atoms with Crippen LogP contribution in [-0.2, 0) is 17.6 Å². The molecule has 0 aliphatic rings. The van der Waals surface area contributed by atoms with Gasteiger partial charge in [-0.1, -0.05) is 42.5 Å². The molecule has 0 saturated carbocycles. The number of anilines is 2. The molecule has 0 radical (unpaired) electrons. The number of para-hydroxylation sites is 1. The Morgan fingerprint density at radius 1 is 0.972 bits per heavy atom. The van der Waals surface area contributed by atoms with Crippen LogP contribution in [-0.4, -0.2) is 25.4 Å². The summed E-state index contributed by atoms with van der Waals surface area (Å²) in [4.78, 5) is 21.2. The number of aromatic nitrogens is 4. The predicted molar refractivity (Wildman–Crippen MR) is 129 cm³/mol. The molecule has 2 heterocycles. The molecule has 176 valence electrons. The Morgan fingerprint density at radius 2 is 1.72 bits per heavy atom.